The van der Waals surface area contributed by atoms with Crippen LogP contribution in [0.5, 0.6) is 5.75 Å². The highest BCUT2D eigenvalue weighted by Gasteiger charge is 2.39. The Balaban J connectivity index is 3.48. The number of nitrogens with zero attached hydrogens (tertiary/aromatic N) is 1. The smallest absolute Gasteiger partial charge is 0.424 e. The lowest BCUT2D eigenvalue weighted by Crippen LogP contribution is -2.42. The highest BCUT2D eigenvalue weighted by atomic mass is 35.7. The van der Waals surface area contributed by atoms with Crippen LogP contribution in [0.25, 0.3) is 0 Å². The lowest BCUT2D eigenvalue weighted by Gasteiger charge is -2.31. The van der Waals surface area contributed by atoms with E-state index in [9.17, 15) is 13.2 Å². The molecule has 1 aromatic rings. The third kappa shape index (κ3) is 4.60. The molecule has 0 aromatic heterocycles. The average molecular weight is 364 g/mol. The molecular formula is C14H18ClNO6S. The van der Waals surface area contributed by atoms with Crippen molar-refractivity contribution in [3.8, 4) is 5.75 Å². The molecule has 2 atom stereocenters. The van der Waals surface area contributed by atoms with Gasteiger partial charge in [0.15, 0.2) is 0 Å². The molecule has 0 N–H and O–H groups in total. The highest BCUT2D eigenvalue weighted by molar-refractivity contribution is 8.12. The minimum absolute atomic E-state index is 0.409. The molecule has 23 heavy (non-hydrogen) atoms. The molecule has 7 nitrogen and oxygen atoms in total. The van der Waals surface area contributed by atoms with Gasteiger partial charge in [-0.15, -0.1) is 6.58 Å². The molecule has 0 heterocycles. The van der Waals surface area contributed by atoms with Crippen LogP contribution >= 0.6 is 10.7 Å². The molecule has 0 unspecified atom stereocenters. The van der Waals surface area contributed by atoms with Crippen LogP contribution in [0.4, 0.5) is 4.79 Å². The Morgan fingerprint density at radius 3 is 2.17 bits per heavy atom. The van der Waals surface area contributed by atoms with Gasteiger partial charge >= 0.3 is 15.3 Å². The molecule has 1 aromatic carbocycles. The third-order valence-corrected chi connectivity index (χ3v) is 4.41. The topological polar surface area (TPSA) is 82.1 Å². The van der Waals surface area contributed by atoms with Crippen molar-refractivity contribution in [3.63, 3.8) is 0 Å². The standard InChI is InChI=1S/C14H18ClNO6S/c1-5-12(21-3)13(10-6-8-11(20-2)9-7-10)16(14(17)22-4)23(15,18)19/h5-9,12-13H,1H2,2-4H3/t12-,13+/m0/s1. The summed E-state index contributed by atoms with van der Waals surface area (Å²) in [5, 5.41) is 0. The summed E-state index contributed by atoms with van der Waals surface area (Å²) in [4.78, 5) is 12.0. The molecule has 0 spiro atoms. The zero-order valence-corrected chi connectivity index (χ0v) is 14.5. The van der Waals surface area contributed by atoms with Crippen molar-refractivity contribution in [2.24, 2.45) is 0 Å². The van der Waals surface area contributed by atoms with E-state index in [4.69, 9.17) is 20.2 Å². The number of methoxy groups -OCH3 is 3. The van der Waals surface area contributed by atoms with Crippen LogP contribution in [0, 0.1) is 0 Å². The van der Waals surface area contributed by atoms with Gasteiger partial charge in [0.05, 0.1) is 14.2 Å². The van der Waals surface area contributed by atoms with Crippen molar-refractivity contribution < 1.29 is 27.4 Å². The minimum Gasteiger partial charge on any atom is -0.497 e. The van der Waals surface area contributed by atoms with E-state index in [0.29, 0.717) is 15.6 Å². The maximum absolute atomic E-state index is 12.0. The monoisotopic (exact) mass is 363 g/mol. The Hall–Kier alpha value is -1.77. The molecule has 1 amide bonds. The van der Waals surface area contributed by atoms with Gasteiger partial charge in [0, 0.05) is 17.8 Å². The molecule has 1 rings (SSSR count). The van der Waals surface area contributed by atoms with E-state index in [2.05, 4.69) is 11.3 Å². The van der Waals surface area contributed by atoms with E-state index < -0.39 is 27.5 Å². The van der Waals surface area contributed by atoms with Crippen LogP contribution < -0.4 is 4.74 Å². The zero-order valence-electron chi connectivity index (χ0n) is 12.9. The van der Waals surface area contributed by atoms with E-state index >= 15 is 0 Å². The van der Waals surface area contributed by atoms with Gasteiger partial charge in [0.1, 0.15) is 17.9 Å². The Bertz CT molecular complexity index is 646. The van der Waals surface area contributed by atoms with Crippen molar-refractivity contribution in [1.82, 2.24) is 4.31 Å². The van der Waals surface area contributed by atoms with Gasteiger partial charge in [-0.25, -0.2) is 4.79 Å². The van der Waals surface area contributed by atoms with Gasteiger partial charge in [0.2, 0.25) is 0 Å². The number of hydrogen-bond acceptors (Lipinski definition) is 6. The first kappa shape index (κ1) is 19.3. The van der Waals surface area contributed by atoms with Gasteiger partial charge < -0.3 is 14.2 Å². The Kier molecular flexibility index (Phi) is 6.86. The van der Waals surface area contributed by atoms with Gasteiger partial charge in [-0.1, -0.05) is 18.2 Å². The summed E-state index contributed by atoms with van der Waals surface area (Å²) in [5.74, 6) is 0.568. The molecule has 0 aliphatic rings. The van der Waals surface area contributed by atoms with E-state index in [1.165, 1.54) is 20.3 Å². The molecule has 0 aliphatic heterocycles. The van der Waals surface area contributed by atoms with E-state index in [1.54, 1.807) is 24.3 Å². The molecule has 0 fully saturated rings. The fourth-order valence-electron chi connectivity index (χ4n) is 2.04. The summed E-state index contributed by atoms with van der Waals surface area (Å²) >= 11 is 0. The van der Waals surface area contributed by atoms with Gasteiger partial charge in [0.25, 0.3) is 0 Å². The molecular weight excluding hydrogens is 346 g/mol. The van der Waals surface area contributed by atoms with Crippen LogP contribution in [-0.2, 0) is 18.7 Å². The fraction of sp³-hybridized carbons (Fsp3) is 0.357. The lowest BCUT2D eigenvalue weighted by atomic mass is 10.0. The molecule has 9 heteroatoms. The van der Waals surface area contributed by atoms with Crippen molar-refractivity contribution in [2.45, 2.75) is 12.1 Å². The molecule has 0 bridgehead atoms. The van der Waals surface area contributed by atoms with Crippen molar-refractivity contribution in [3.05, 3.63) is 42.5 Å². The maximum Gasteiger partial charge on any atom is 0.424 e. The molecule has 0 aliphatic carbocycles. The van der Waals surface area contributed by atoms with Gasteiger partial charge in [-0.2, -0.15) is 12.7 Å². The third-order valence-electron chi connectivity index (χ3n) is 3.12. The number of halogens is 1. The number of carbonyl (C=O) groups excluding carboxylic acids is 1. The first-order chi connectivity index (χ1) is 10.8. The number of rotatable bonds is 7. The van der Waals surface area contributed by atoms with Crippen molar-refractivity contribution in [2.75, 3.05) is 21.3 Å². The van der Waals surface area contributed by atoms with Crippen molar-refractivity contribution >= 4 is 26.0 Å². The predicted octanol–water partition coefficient (Wildman–Crippen LogP) is 2.49. The van der Waals surface area contributed by atoms with Crippen LogP contribution in [0.3, 0.4) is 0 Å². The zero-order chi connectivity index (χ0) is 17.6. The first-order valence-electron chi connectivity index (χ1n) is 6.41. The Morgan fingerprint density at radius 1 is 1.26 bits per heavy atom. The quantitative estimate of drug-likeness (QED) is 0.546. The number of benzene rings is 1. The van der Waals surface area contributed by atoms with Crippen LogP contribution in [0.1, 0.15) is 11.6 Å². The Morgan fingerprint density at radius 2 is 1.83 bits per heavy atom. The van der Waals surface area contributed by atoms with E-state index in [1.807, 2.05) is 0 Å². The summed E-state index contributed by atoms with van der Waals surface area (Å²) in [6.45, 7) is 3.60. The largest absolute Gasteiger partial charge is 0.497 e. The molecule has 0 saturated carbocycles. The first-order valence-corrected chi connectivity index (χ1v) is 8.68. The second-order valence-corrected chi connectivity index (χ2v) is 6.75. The number of ether oxygens (including phenoxy) is 3. The van der Waals surface area contributed by atoms with Crippen LogP contribution in [0.2, 0.25) is 0 Å². The fourth-order valence-corrected chi connectivity index (χ4v) is 3.23. The highest BCUT2D eigenvalue weighted by Crippen LogP contribution is 2.32. The van der Waals surface area contributed by atoms with Crippen LogP contribution in [0.15, 0.2) is 36.9 Å². The van der Waals surface area contributed by atoms with Gasteiger partial charge in [-0.05, 0) is 17.7 Å². The second-order valence-electron chi connectivity index (χ2n) is 4.36. The summed E-state index contributed by atoms with van der Waals surface area (Å²) < 4.78 is 39.0. The summed E-state index contributed by atoms with van der Waals surface area (Å²) in [7, 11) is 4.90. The minimum atomic E-state index is -4.43. The summed E-state index contributed by atoms with van der Waals surface area (Å²) in [6.07, 6.45) is -0.604. The average Bonchev–Trinajstić information content (AvgIpc) is 2.53. The Labute approximate surface area is 139 Å². The van der Waals surface area contributed by atoms with E-state index in [-0.39, 0.29) is 0 Å². The van der Waals surface area contributed by atoms with E-state index in [0.717, 1.165) is 7.11 Å². The van der Waals surface area contributed by atoms with Crippen molar-refractivity contribution in [1.29, 1.82) is 0 Å². The van der Waals surface area contributed by atoms with Crippen LogP contribution in [-0.4, -0.2) is 46.2 Å². The number of amides is 1. The summed E-state index contributed by atoms with van der Waals surface area (Å²) in [5.41, 5.74) is 0.451. The lowest BCUT2D eigenvalue weighted by molar-refractivity contribution is 0.0680. The number of hydrogen-bond donors (Lipinski definition) is 0. The van der Waals surface area contributed by atoms with Gasteiger partial charge in [-0.3, -0.25) is 0 Å². The second kappa shape index (κ2) is 8.19. The molecule has 128 valence electrons. The SMILES string of the molecule is C=C[C@H](OC)[C@@H](c1ccc(OC)cc1)N(C(=O)OC)S(=O)(=O)Cl. The maximum atomic E-state index is 12.0. The normalized spacial score (nSPS) is 13.7. The predicted molar refractivity (Wildman–Crippen MR) is 85.7 cm³/mol. The number of carbonyl (C=O) groups is 1. The molecule has 0 radical (unpaired) electrons. The summed E-state index contributed by atoms with van der Waals surface area (Å²) in [6, 6.07) is 5.34. The molecule has 0 saturated heterocycles.